The number of ether oxygens (including phenoxy) is 1. The van der Waals surface area contributed by atoms with E-state index in [1.54, 1.807) is 7.11 Å². The number of rotatable bonds is 6. The minimum Gasteiger partial charge on any atom is -0.380 e. The van der Waals surface area contributed by atoms with E-state index < -0.39 is 0 Å². The van der Waals surface area contributed by atoms with Gasteiger partial charge in [0.25, 0.3) is 0 Å². The van der Waals surface area contributed by atoms with Crippen LogP contribution in [0.5, 0.6) is 0 Å². The van der Waals surface area contributed by atoms with Gasteiger partial charge < -0.3 is 10.5 Å². The van der Waals surface area contributed by atoms with Gasteiger partial charge in [0.15, 0.2) is 0 Å². The van der Waals surface area contributed by atoms with E-state index in [9.17, 15) is 0 Å². The molecule has 1 aliphatic rings. The van der Waals surface area contributed by atoms with Crippen LogP contribution in [0.4, 0.5) is 0 Å². The Balaban J connectivity index is 2.30. The molecule has 13 heavy (non-hydrogen) atoms. The van der Waals surface area contributed by atoms with E-state index in [1.165, 1.54) is 24.8 Å². The fraction of sp³-hybridized carbons (Fsp3) is 0.818. The molecule has 0 radical (unpaired) electrons. The molecular weight excluding hydrogens is 162 g/mol. The summed E-state index contributed by atoms with van der Waals surface area (Å²) in [7, 11) is 1.76. The van der Waals surface area contributed by atoms with Crippen LogP contribution in [0.3, 0.4) is 0 Å². The van der Waals surface area contributed by atoms with Crippen molar-refractivity contribution in [2.45, 2.75) is 32.1 Å². The molecule has 0 bridgehead atoms. The van der Waals surface area contributed by atoms with Crippen molar-refractivity contribution in [2.24, 2.45) is 11.7 Å². The van der Waals surface area contributed by atoms with Crippen LogP contribution < -0.4 is 5.73 Å². The van der Waals surface area contributed by atoms with E-state index in [1.807, 2.05) is 0 Å². The predicted molar refractivity (Wildman–Crippen MR) is 55.6 cm³/mol. The third-order valence-electron chi connectivity index (χ3n) is 2.65. The van der Waals surface area contributed by atoms with Crippen LogP contribution in [0.1, 0.15) is 32.1 Å². The van der Waals surface area contributed by atoms with Gasteiger partial charge >= 0.3 is 0 Å². The first-order valence-corrected chi connectivity index (χ1v) is 5.25. The Hall–Kier alpha value is -0.340. The first-order chi connectivity index (χ1) is 6.36. The van der Waals surface area contributed by atoms with E-state index in [0.29, 0.717) is 0 Å². The largest absolute Gasteiger partial charge is 0.380 e. The van der Waals surface area contributed by atoms with Gasteiger partial charge in [0.1, 0.15) is 0 Å². The summed E-state index contributed by atoms with van der Waals surface area (Å²) in [5, 5.41) is 0. The Morgan fingerprint density at radius 1 is 1.54 bits per heavy atom. The van der Waals surface area contributed by atoms with Crippen LogP contribution in [0.2, 0.25) is 0 Å². The standard InChI is InChI=1S/C11H21NO/c1-13-9-11(6-3-7-12)8-10-4-2-5-10/h8,10H,2-7,9,12H2,1H3. The molecule has 0 spiro atoms. The Bertz CT molecular complexity index is 161. The molecule has 0 aromatic rings. The van der Waals surface area contributed by atoms with Crippen LogP contribution in [0.15, 0.2) is 11.6 Å². The highest BCUT2D eigenvalue weighted by Crippen LogP contribution is 2.29. The summed E-state index contributed by atoms with van der Waals surface area (Å²) in [5.41, 5.74) is 6.92. The van der Waals surface area contributed by atoms with Gasteiger partial charge in [0.2, 0.25) is 0 Å². The molecule has 0 aliphatic heterocycles. The number of hydrogen-bond acceptors (Lipinski definition) is 2. The number of nitrogens with two attached hydrogens (primary N) is 1. The quantitative estimate of drug-likeness (QED) is 0.640. The molecule has 0 heterocycles. The minimum atomic E-state index is 0.783. The Kier molecular flexibility index (Phi) is 5.09. The van der Waals surface area contributed by atoms with Gasteiger partial charge in [0, 0.05) is 7.11 Å². The molecule has 2 nitrogen and oxygen atoms in total. The zero-order chi connectivity index (χ0) is 9.52. The van der Waals surface area contributed by atoms with Gasteiger partial charge in [-0.3, -0.25) is 0 Å². The highest BCUT2D eigenvalue weighted by atomic mass is 16.5. The second kappa shape index (κ2) is 6.17. The molecule has 1 saturated carbocycles. The number of methoxy groups -OCH3 is 1. The topological polar surface area (TPSA) is 35.2 Å². The summed E-state index contributed by atoms with van der Waals surface area (Å²) in [4.78, 5) is 0. The number of hydrogen-bond donors (Lipinski definition) is 1. The fourth-order valence-corrected chi connectivity index (χ4v) is 1.66. The van der Waals surface area contributed by atoms with Crippen molar-refractivity contribution in [1.82, 2.24) is 0 Å². The van der Waals surface area contributed by atoms with Crippen molar-refractivity contribution in [3.8, 4) is 0 Å². The maximum absolute atomic E-state index is 5.48. The molecule has 2 N–H and O–H groups in total. The molecular formula is C11H21NO. The van der Waals surface area contributed by atoms with Gasteiger partial charge in [-0.15, -0.1) is 0 Å². The second-order valence-corrected chi connectivity index (χ2v) is 3.84. The molecule has 0 saturated heterocycles. The molecule has 76 valence electrons. The second-order valence-electron chi connectivity index (χ2n) is 3.84. The zero-order valence-corrected chi connectivity index (χ0v) is 8.59. The van der Waals surface area contributed by atoms with Crippen molar-refractivity contribution < 1.29 is 4.74 Å². The molecule has 1 fully saturated rings. The third kappa shape index (κ3) is 3.92. The van der Waals surface area contributed by atoms with Crippen LogP contribution >= 0.6 is 0 Å². The van der Waals surface area contributed by atoms with Gasteiger partial charge in [-0.05, 0) is 43.7 Å². The van der Waals surface area contributed by atoms with Gasteiger partial charge in [-0.25, -0.2) is 0 Å². The normalized spacial score (nSPS) is 18.8. The average molecular weight is 183 g/mol. The Morgan fingerprint density at radius 3 is 2.77 bits per heavy atom. The molecule has 1 aliphatic carbocycles. The Morgan fingerprint density at radius 2 is 2.31 bits per heavy atom. The van der Waals surface area contributed by atoms with Crippen LogP contribution in [-0.4, -0.2) is 20.3 Å². The molecule has 0 aromatic carbocycles. The predicted octanol–water partition coefficient (Wildman–Crippen LogP) is 2.10. The lowest BCUT2D eigenvalue weighted by molar-refractivity contribution is 0.221. The van der Waals surface area contributed by atoms with Gasteiger partial charge in [0.05, 0.1) is 6.61 Å². The summed E-state index contributed by atoms with van der Waals surface area (Å²) in [6.45, 7) is 1.57. The summed E-state index contributed by atoms with van der Waals surface area (Å²) in [6.07, 6.45) is 8.75. The lowest BCUT2D eigenvalue weighted by Crippen LogP contribution is -2.10. The van der Waals surface area contributed by atoms with Crippen LogP contribution in [0.25, 0.3) is 0 Å². The third-order valence-corrected chi connectivity index (χ3v) is 2.65. The van der Waals surface area contributed by atoms with E-state index in [-0.39, 0.29) is 0 Å². The molecule has 0 aromatic heterocycles. The van der Waals surface area contributed by atoms with Crippen molar-refractivity contribution in [3.05, 3.63) is 11.6 Å². The van der Waals surface area contributed by atoms with E-state index >= 15 is 0 Å². The zero-order valence-electron chi connectivity index (χ0n) is 8.59. The highest BCUT2D eigenvalue weighted by molar-refractivity contribution is 5.06. The molecule has 1 rings (SSSR count). The van der Waals surface area contributed by atoms with Crippen molar-refractivity contribution in [2.75, 3.05) is 20.3 Å². The van der Waals surface area contributed by atoms with E-state index in [4.69, 9.17) is 10.5 Å². The summed E-state index contributed by atoms with van der Waals surface area (Å²) < 4.78 is 5.16. The lowest BCUT2D eigenvalue weighted by atomic mass is 9.83. The summed E-state index contributed by atoms with van der Waals surface area (Å²) in [5.74, 6) is 0.836. The van der Waals surface area contributed by atoms with Gasteiger partial charge in [-0.2, -0.15) is 0 Å². The van der Waals surface area contributed by atoms with E-state index in [0.717, 1.165) is 31.9 Å². The maximum atomic E-state index is 5.48. The summed E-state index contributed by atoms with van der Waals surface area (Å²) >= 11 is 0. The molecule has 2 heteroatoms. The highest BCUT2D eigenvalue weighted by Gasteiger charge is 2.15. The lowest BCUT2D eigenvalue weighted by Gasteiger charge is -2.23. The fourth-order valence-electron chi connectivity index (χ4n) is 1.66. The van der Waals surface area contributed by atoms with Crippen molar-refractivity contribution >= 4 is 0 Å². The number of allylic oxidation sites excluding steroid dienone is 1. The minimum absolute atomic E-state index is 0.783. The first-order valence-electron chi connectivity index (χ1n) is 5.25. The SMILES string of the molecule is COCC(=CC1CCC1)CCCN. The Labute approximate surface area is 81.1 Å². The smallest absolute Gasteiger partial charge is 0.0673 e. The first kappa shape index (κ1) is 10.7. The average Bonchev–Trinajstić information content (AvgIpc) is 2.07. The molecule has 0 amide bonds. The maximum Gasteiger partial charge on any atom is 0.0673 e. The van der Waals surface area contributed by atoms with Crippen molar-refractivity contribution in [3.63, 3.8) is 0 Å². The van der Waals surface area contributed by atoms with E-state index in [2.05, 4.69) is 6.08 Å². The molecule has 0 unspecified atom stereocenters. The summed E-state index contributed by atoms with van der Waals surface area (Å²) in [6, 6.07) is 0. The monoisotopic (exact) mass is 183 g/mol. The van der Waals surface area contributed by atoms with Crippen molar-refractivity contribution in [1.29, 1.82) is 0 Å². The van der Waals surface area contributed by atoms with Gasteiger partial charge in [-0.1, -0.05) is 12.5 Å². The van der Waals surface area contributed by atoms with Crippen LogP contribution in [-0.2, 0) is 4.74 Å². The molecule has 0 atom stereocenters. The van der Waals surface area contributed by atoms with Crippen LogP contribution in [0, 0.1) is 5.92 Å².